The van der Waals surface area contributed by atoms with E-state index in [9.17, 15) is 13.2 Å². The van der Waals surface area contributed by atoms with E-state index in [1.165, 1.54) is 16.6 Å². The second kappa shape index (κ2) is 10.7. The highest BCUT2D eigenvalue weighted by atomic mass is 32.2. The normalized spacial score (nSPS) is 16.1. The van der Waals surface area contributed by atoms with E-state index in [2.05, 4.69) is 9.88 Å². The lowest BCUT2D eigenvalue weighted by Gasteiger charge is -2.33. The zero-order valence-corrected chi connectivity index (χ0v) is 17.5. The highest BCUT2D eigenvalue weighted by Gasteiger charge is 2.30. The molecule has 2 heterocycles. The first kappa shape index (κ1) is 22.5. The van der Waals surface area contributed by atoms with Gasteiger partial charge >= 0.3 is 5.97 Å². The molecular formula is C18H29N3O6S. The van der Waals surface area contributed by atoms with E-state index in [1.807, 2.05) is 6.92 Å². The molecule has 28 heavy (non-hydrogen) atoms. The molecule has 0 bridgehead atoms. The number of pyridine rings is 1. The predicted octanol–water partition coefficient (Wildman–Crippen LogP) is 1.000. The molecule has 1 aliphatic rings. The van der Waals surface area contributed by atoms with Crippen LogP contribution in [0.15, 0.2) is 17.2 Å². The topological polar surface area (TPSA) is 98.3 Å². The summed E-state index contributed by atoms with van der Waals surface area (Å²) in [6.07, 6.45) is 1.85. The first-order valence-corrected chi connectivity index (χ1v) is 10.9. The van der Waals surface area contributed by atoms with Crippen molar-refractivity contribution in [3.63, 3.8) is 0 Å². The molecule has 1 aliphatic heterocycles. The van der Waals surface area contributed by atoms with Crippen LogP contribution in [-0.4, -0.2) is 88.2 Å². The maximum Gasteiger partial charge on any atom is 0.343 e. The Balaban J connectivity index is 2.24. The standard InChI is InChI=1S/C18H29N3O6S/c1-4-20-7-9-21(10-8-20)28(23,24)15-13-16(18(22)26-5-2)17(19-14-15)27-12-6-11-25-3/h13-14H,4-12H2,1-3H3. The lowest BCUT2D eigenvalue weighted by atomic mass is 10.3. The molecule has 0 saturated carbocycles. The van der Waals surface area contributed by atoms with Crippen LogP contribution >= 0.6 is 0 Å². The summed E-state index contributed by atoms with van der Waals surface area (Å²) in [6, 6.07) is 1.29. The van der Waals surface area contributed by atoms with Gasteiger partial charge in [-0.3, -0.25) is 0 Å². The fourth-order valence-corrected chi connectivity index (χ4v) is 4.25. The summed E-state index contributed by atoms with van der Waals surface area (Å²) in [7, 11) is -2.16. The maximum atomic E-state index is 13.0. The summed E-state index contributed by atoms with van der Waals surface area (Å²) in [5.74, 6) is -0.603. The number of likely N-dealkylation sites (N-methyl/N-ethyl adjacent to an activating group) is 1. The van der Waals surface area contributed by atoms with Crippen LogP contribution < -0.4 is 4.74 Å². The number of rotatable bonds is 10. The van der Waals surface area contributed by atoms with Gasteiger partial charge < -0.3 is 19.1 Å². The zero-order valence-electron chi connectivity index (χ0n) is 16.7. The van der Waals surface area contributed by atoms with Gasteiger partial charge in [-0.25, -0.2) is 18.2 Å². The highest BCUT2D eigenvalue weighted by molar-refractivity contribution is 7.89. The Morgan fingerprint density at radius 2 is 1.89 bits per heavy atom. The molecule has 1 fully saturated rings. The Morgan fingerprint density at radius 1 is 1.18 bits per heavy atom. The van der Waals surface area contributed by atoms with Gasteiger partial charge in [0.05, 0.1) is 19.4 Å². The maximum absolute atomic E-state index is 13.0. The number of piperazine rings is 1. The molecule has 0 atom stereocenters. The molecule has 0 amide bonds. The Kier molecular flexibility index (Phi) is 8.61. The Labute approximate surface area is 166 Å². The molecule has 0 radical (unpaired) electrons. The van der Waals surface area contributed by atoms with Gasteiger partial charge in [0.25, 0.3) is 0 Å². The van der Waals surface area contributed by atoms with Crippen molar-refractivity contribution in [3.8, 4) is 5.88 Å². The molecule has 0 unspecified atom stereocenters. The van der Waals surface area contributed by atoms with Crippen LogP contribution in [0, 0.1) is 0 Å². The summed E-state index contributed by atoms with van der Waals surface area (Å²) in [4.78, 5) is 18.5. The molecule has 1 saturated heterocycles. The van der Waals surface area contributed by atoms with E-state index in [-0.39, 0.29) is 29.6 Å². The van der Waals surface area contributed by atoms with Crippen molar-refractivity contribution in [3.05, 3.63) is 17.8 Å². The van der Waals surface area contributed by atoms with Gasteiger partial charge in [-0.15, -0.1) is 0 Å². The third kappa shape index (κ3) is 5.63. The van der Waals surface area contributed by atoms with Gasteiger partial charge in [0.2, 0.25) is 15.9 Å². The van der Waals surface area contributed by atoms with Crippen molar-refractivity contribution in [1.29, 1.82) is 0 Å². The lowest BCUT2D eigenvalue weighted by Crippen LogP contribution is -2.48. The third-order valence-corrected chi connectivity index (χ3v) is 6.33. The van der Waals surface area contributed by atoms with Gasteiger partial charge in [0.1, 0.15) is 10.5 Å². The first-order valence-electron chi connectivity index (χ1n) is 9.45. The van der Waals surface area contributed by atoms with Crippen LogP contribution in [0.5, 0.6) is 5.88 Å². The third-order valence-electron chi connectivity index (χ3n) is 4.47. The Morgan fingerprint density at radius 3 is 2.50 bits per heavy atom. The highest BCUT2D eigenvalue weighted by Crippen LogP contribution is 2.24. The molecule has 0 N–H and O–H groups in total. The molecule has 0 spiro atoms. The van der Waals surface area contributed by atoms with Gasteiger partial charge in [-0.05, 0) is 19.5 Å². The number of nitrogens with zero attached hydrogens (tertiary/aromatic N) is 3. The van der Waals surface area contributed by atoms with Crippen LogP contribution in [0.4, 0.5) is 0 Å². The van der Waals surface area contributed by atoms with Crippen molar-refractivity contribution >= 4 is 16.0 Å². The minimum atomic E-state index is -3.75. The summed E-state index contributed by atoms with van der Waals surface area (Å²) in [5.41, 5.74) is 0.00698. The molecule has 1 aromatic rings. The van der Waals surface area contributed by atoms with E-state index in [1.54, 1.807) is 14.0 Å². The average molecular weight is 416 g/mol. The molecule has 9 nitrogen and oxygen atoms in total. The SMILES string of the molecule is CCOC(=O)c1cc(S(=O)(=O)N2CCN(CC)CC2)cnc1OCCCOC. The van der Waals surface area contributed by atoms with E-state index < -0.39 is 16.0 Å². The van der Waals surface area contributed by atoms with E-state index in [4.69, 9.17) is 14.2 Å². The predicted molar refractivity (Wildman–Crippen MR) is 103 cm³/mol. The average Bonchev–Trinajstić information content (AvgIpc) is 2.71. The fraction of sp³-hybridized carbons (Fsp3) is 0.667. The van der Waals surface area contributed by atoms with Crippen molar-refractivity contribution in [2.45, 2.75) is 25.2 Å². The summed E-state index contributed by atoms with van der Waals surface area (Å²) < 4.78 is 42.9. The number of methoxy groups -OCH3 is 1. The quantitative estimate of drug-likeness (QED) is 0.412. The monoisotopic (exact) mass is 415 g/mol. The minimum absolute atomic E-state index is 0.00698. The molecule has 10 heteroatoms. The van der Waals surface area contributed by atoms with Crippen molar-refractivity contribution in [2.75, 3.05) is 59.7 Å². The minimum Gasteiger partial charge on any atom is -0.477 e. The van der Waals surface area contributed by atoms with Crippen LogP contribution in [0.2, 0.25) is 0 Å². The van der Waals surface area contributed by atoms with Crippen molar-refractivity contribution in [1.82, 2.24) is 14.2 Å². The van der Waals surface area contributed by atoms with Gasteiger partial charge in [-0.2, -0.15) is 4.31 Å². The van der Waals surface area contributed by atoms with Crippen LogP contribution in [0.25, 0.3) is 0 Å². The number of ether oxygens (including phenoxy) is 3. The van der Waals surface area contributed by atoms with Gasteiger partial charge in [-0.1, -0.05) is 6.92 Å². The van der Waals surface area contributed by atoms with Crippen LogP contribution in [0.3, 0.4) is 0 Å². The lowest BCUT2D eigenvalue weighted by molar-refractivity contribution is 0.0519. The summed E-state index contributed by atoms with van der Waals surface area (Å²) in [5, 5.41) is 0. The van der Waals surface area contributed by atoms with E-state index in [0.717, 1.165) is 6.54 Å². The van der Waals surface area contributed by atoms with Crippen molar-refractivity contribution < 1.29 is 27.4 Å². The molecule has 0 aromatic carbocycles. The second-order valence-electron chi connectivity index (χ2n) is 6.28. The first-order chi connectivity index (χ1) is 13.4. The number of carbonyl (C=O) groups is 1. The van der Waals surface area contributed by atoms with Crippen LogP contribution in [-0.2, 0) is 19.5 Å². The molecule has 1 aromatic heterocycles. The number of hydrogen-bond donors (Lipinski definition) is 0. The van der Waals surface area contributed by atoms with Gasteiger partial charge in [0, 0.05) is 46.3 Å². The van der Waals surface area contributed by atoms with Gasteiger partial charge in [0.15, 0.2) is 0 Å². The fourth-order valence-electron chi connectivity index (χ4n) is 2.85. The Hall–Kier alpha value is -1.75. The van der Waals surface area contributed by atoms with Crippen molar-refractivity contribution in [2.24, 2.45) is 0 Å². The molecular weight excluding hydrogens is 386 g/mol. The largest absolute Gasteiger partial charge is 0.477 e. The molecule has 158 valence electrons. The summed E-state index contributed by atoms with van der Waals surface area (Å²) >= 11 is 0. The number of esters is 1. The zero-order chi connectivity index (χ0) is 20.6. The number of sulfonamides is 1. The molecule has 2 rings (SSSR count). The molecule has 0 aliphatic carbocycles. The number of aromatic nitrogens is 1. The number of hydrogen-bond acceptors (Lipinski definition) is 8. The van der Waals surface area contributed by atoms with Crippen LogP contribution in [0.1, 0.15) is 30.6 Å². The smallest absolute Gasteiger partial charge is 0.343 e. The summed E-state index contributed by atoms with van der Waals surface area (Å²) in [6.45, 7) is 7.73. The Bertz CT molecular complexity index is 748. The van der Waals surface area contributed by atoms with E-state index in [0.29, 0.717) is 39.2 Å². The number of carbonyl (C=O) groups excluding carboxylic acids is 1. The second-order valence-corrected chi connectivity index (χ2v) is 8.22. The van der Waals surface area contributed by atoms with E-state index >= 15 is 0 Å².